The van der Waals surface area contributed by atoms with Gasteiger partial charge in [0.2, 0.25) is 0 Å². The fourth-order valence-corrected chi connectivity index (χ4v) is 3.14. The zero-order chi connectivity index (χ0) is 17.9. The Hall–Kier alpha value is -1.14. The molecule has 0 aromatic carbocycles. The van der Waals surface area contributed by atoms with Crippen LogP contribution in [0.2, 0.25) is 0 Å². The van der Waals surface area contributed by atoms with Gasteiger partial charge in [-0.15, -0.1) is 11.3 Å². The van der Waals surface area contributed by atoms with E-state index in [1.807, 2.05) is 6.92 Å². The molecular formula is C18H34N4OS. The minimum atomic E-state index is 0.289. The minimum absolute atomic E-state index is 0.289. The number of nitrogens with one attached hydrogen (secondary N) is 2. The van der Waals surface area contributed by atoms with Crippen LogP contribution in [-0.2, 0) is 11.3 Å². The molecule has 24 heavy (non-hydrogen) atoms. The first kappa shape index (κ1) is 20.9. The lowest BCUT2D eigenvalue weighted by Crippen LogP contribution is -2.39. The molecule has 0 saturated heterocycles. The smallest absolute Gasteiger partial charge is 0.191 e. The quantitative estimate of drug-likeness (QED) is 0.496. The van der Waals surface area contributed by atoms with E-state index in [4.69, 9.17) is 4.74 Å². The second-order valence-corrected chi connectivity index (χ2v) is 7.37. The molecular weight excluding hydrogens is 320 g/mol. The van der Waals surface area contributed by atoms with Gasteiger partial charge in [-0.2, -0.15) is 0 Å². The van der Waals surface area contributed by atoms with Crippen LogP contribution < -0.4 is 10.6 Å². The van der Waals surface area contributed by atoms with E-state index in [0.717, 1.165) is 37.8 Å². The van der Waals surface area contributed by atoms with Crippen LogP contribution in [0.5, 0.6) is 0 Å². The number of aliphatic imine (C=N–C) groups is 1. The summed E-state index contributed by atoms with van der Waals surface area (Å²) in [4.78, 5) is 9.28. The number of aromatic nitrogens is 1. The molecule has 5 nitrogen and oxygen atoms in total. The Balaban J connectivity index is 2.52. The first-order valence-corrected chi connectivity index (χ1v) is 9.93. The Kier molecular flexibility index (Phi) is 9.95. The van der Waals surface area contributed by atoms with Gasteiger partial charge in [0.1, 0.15) is 0 Å². The molecule has 0 fully saturated rings. The molecule has 0 bridgehead atoms. The highest BCUT2D eigenvalue weighted by atomic mass is 32.1. The molecule has 0 amide bonds. The van der Waals surface area contributed by atoms with Gasteiger partial charge in [-0.25, -0.2) is 9.98 Å². The van der Waals surface area contributed by atoms with E-state index in [2.05, 4.69) is 60.6 Å². The van der Waals surface area contributed by atoms with E-state index in [9.17, 15) is 0 Å². The van der Waals surface area contributed by atoms with Crippen LogP contribution in [0.1, 0.15) is 64.6 Å². The summed E-state index contributed by atoms with van der Waals surface area (Å²) in [5.74, 6) is 1.84. The third kappa shape index (κ3) is 7.62. The third-order valence-electron chi connectivity index (χ3n) is 3.65. The molecule has 1 rings (SSSR count). The van der Waals surface area contributed by atoms with E-state index in [0.29, 0.717) is 18.4 Å². The Labute approximate surface area is 151 Å². The van der Waals surface area contributed by atoms with Crippen molar-refractivity contribution < 1.29 is 4.74 Å². The Morgan fingerprint density at radius 3 is 2.54 bits per heavy atom. The third-order valence-corrected chi connectivity index (χ3v) is 4.85. The van der Waals surface area contributed by atoms with E-state index in [1.54, 1.807) is 11.3 Å². The van der Waals surface area contributed by atoms with Gasteiger partial charge in [0.15, 0.2) is 5.96 Å². The van der Waals surface area contributed by atoms with Gasteiger partial charge in [0, 0.05) is 31.0 Å². The van der Waals surface area contributed by atoms with Gasteiger partial charge in [0.05, 0.1) is 23.4 Å². The van der Waals surface area contributed by atoms with Gasteiger partial charge in [-0.3, -0.25) is 0 Å². The average Bonchev–Trinajstić information content (AvgIpc) is 3.00. The zero-order valence-electron chi connectivity index (χ0n) is 16.1. The molecule has 0 aliphatic rings. The summed E-state index contributed by atoms with van der Waals surface area (Å²) < 4.78 is 5.79. The monoisotopic (exact) mass is 354 g/mol. The Morgan fingerprint density at radius 1 is 1.25 bits per heavy atom. The molecule has 1 aromatic rings. The molecule has 1 aromatic heterocycles. The number of ether oxygens (including phenoxy) is 1. The van der Waals surface area contributed by atoms with Crippen molar-refractivity contribution in [3.8, 4) is 0 Å². The normalized spacial score (nSPS) is 13.6. The van der Waals surface area contributed by atoms with Crippen molar-refractivity contribution in [1.82, 2.24) is 15.6 Å². The summed E-state index contributed by atoms with van der Waals surface area (Å²) in [7, 11) is 0. The standard InChI is InChI=1S/C18H34N4OS/c1-7-19-18(20-10-9-16(13(3)4)23-8-2)21-11-15-12-24-17(22-15)14(5)6/h12-14,16H,7-11H2,1-6H3,(H2,19,20,21). The molecule has 0 saturated carbocycles. The molecule has 0 radical (unpaired) electrons. The van der Waals surface area contributed by atoms with Crippen molar-refractivity contribution in [2.24, 2.45) is 10.9 Å². The molecule has 2 N–H and O–H groups in total. The van der Waals surface area contributed by atoms with Crippen LogP contribution >= 0.6 is 11.3 Å². The average molecular weight is 355 g/mol. The van der Waals surface area contributed by atoms with Gasteiger partial charge < -0.3 is 15.4 Å². The van der Waals surface area contributed by atoms with Crippen molar-refractivity contribution in [1.29, 1.82) is 0 Å². The molecule has 1 atom stereocenters. The maximum Gasteiger partial charge on any atom is 0.191 e. The molecule has 1 unspecified atom stereocenters. The van der Waals surface area contributed by atoms with Gasteiger partial charge in [-0.1, -0.05) is 27.7 Å². The molecule has 0 spiro atoms. The highest BCUT2D eigenvalue weighted by Gasteiger charge is 2.13. The lowest BCUT2D eigenvalue weighted by Gasteiger charge is -2.21. The summed E-state index contributed by atoms with van der Waals surface area (Å²) in [6.45, 7) is 15.9. The van der Waals surface area contributed by atoms with E-state index in [-0.39, 0.29) is 6.10 Å². The zero-order valence-corrected chi connectivity index (χ0v) is 16.9. The molecule has 6 heteroatoms. The number of hydrogen-bond donors (Lipinski definition) is 2. The van der Waals surface area contributed by atoms with Crippen molar-refractivity contribution >= 4 is 17.3 Å². The predicted octanol–water partition coefficient (Wildman–Crippen LogP) is 3.77. The highest BCUT2D eigenvalue weighted by molar-refractivity contribution is 7.09. The predicted molar refractivity (Wildman–Crippen MR) is 104 cm³/mol. The highest BCUT2D eigenvalue weighted by Crippen LogP contribution is 2.19. The van der Waals surface area contributed by atoms with Crippen LogP contribution in [0.4, 0.5) is 0 Å². The van der Waals surface area contributed by atoms with Crippen LogP contribution in [0.25, 0.3) is 0 Å². The van der Waals surface area contributed by atoms with Crippen LogP contribution in [0.3, 0.4) is 0 Å². The van der Waals surface area contributed by atoms with Gasteiger partial charge >= 0.3 is 0 Å². The molecule has 0 aliphatic heterocycles. The maximum atomic E-state index is 5.79. The van der Waals surface area contributed by atoms with E-state index >= 15 is 0 Å². The summed E-state index contributed by atoms with van der Waals surface area (Å²) in [6.07, 6.45) is 1.27. The lowest BCUT2D eigenvalue weighted by molar-refractivity contribution is 0.0258. The van der Waals surface area contributed by atoms with Crippen LogP contribution in [0, 0.1) is 5.92 Å². The Morgan fingerprint density at radius 2 is 2.00 bits per heavy atom. The summed E-state index contributed by atoms with van der Waals surface area (Å²) >= 11 is 1.72. The lowest BCUT2D eigenvalue weighted by atomic mass is 10.0. The number of nitrogens with zero attached hydrogens (tertiary/aromatic N) is 2. The largest absolute Gasteiger partial charge is 0.378 e. The number of thiazole rings is 1. The van der Waals surface area contributed by atoms with Crippen molar-refractivity contribution in [3.63, 3.8) is 0 Å². The van der Waals surface area contributed by atoms with Gasteiger partial charge in [-0.05, 0) is 26.2 Å². The second-order valence-electron chi connectivity index (χ2n) is 6.48. The van der Waals surface area contributed by atoms with Crippen molar-refractivity contribution in [3.05, 3.63) is 16.1 Å². The van der Waals surface area contributed by atoms with Crippen molar-refractivity contribution in [2.75, 3.05) is 19.7 Å². The first-order valence-electron chi connectivity index (χ1n) is 9.05. The minimum Gasteiger partial charge on any atom is -0.378 e. The number of rotatable bonds is 10. The summed E-state index contributed by atoms with van der Waals surface area (Å²) in [6, 6.07) is 0. The van der Waals surface area contributed by atoms with Crippen molar-refractivity contribution in [2.45, 2.75) is 66.5 Å². The number of guanidine groups is 1. The number of hydrogen-bond acceptors (Lipinski definition) is 4. The summed E-state index contributed by atoms with van der Waals surface area (Å²) in [5, 5.41) is 9.97. The van der Waals surface area contributed by atoms with E-state index in [1.165, 1.54) is 5.01 Å². The second kappa shape index (κ2) is 11.4. The molecule has 0 aliphatic carbocycles. The van der Waals surface area contributed by atoms with Crippen LogP contribution in [-0.4, -0.2) is 36.7 Å². The fraction of sp³-hybridized carbons (Fsp3) is 0.778. The van der Waals surface area contributed by atoms with Crippen LogP contribution in [0.15, 0.2) is 10.4 Å². The molecule has 1 heterocycles. The Bertz CT molecular complexity index is 485. The van der Waals surface area contributed by atoms with E-state index < -0.39 is 0 Å². The SMILES string of the molecule is CCNC(=NCc1csc(C(C)C)n1)NCCC(OCC)C(C)C. The fourth-order valence-electron chi connectivity index (χ4n) is 2.32. The van der Waals surface area contributed by atoms with Gasteiger partial charge in [0.25, 0.3) is 0 Å². The first-order chi connectivity index (χ1) is 11.5. The maximum absolute atomic E-state index is 5.79. The summed E-state index contributed by atoms with van der Waals surface area (Å²) in [5.41, 5.74) is 1.04. The molecule has 138 valence electrons. The topological polar surface area (TPSA) is 58.5 Å².